The van der Waals surface area contributed by atoms with E-state index in [1.54, 1.807) is 6.07 Å². The van der Waals surface area contributed by atoms with Crippen LogP contribution in [-0.4, -0.2) is 5.97 Å². The van der Waals surface area contributed by atoms with Gasteiger partial charge in [0.05, 0.1) is 5.56 Å². The Morgan fingerprint density at radius 1 is 0.815 bits per heavy atom. The Labute approximate surface area is 156 Å². The summed E-state index contributed by atoms with van der Waals surface area (Å²) in [5.74, 6) is -0.426. The summed E-state index contributed by atoms with van der Waals surface area (Å²) in [6.07, 6.45) is 0. The number of para-hydroxylation sites is 1. The number of aryl methyl sites for hydroxylation is 1. The van der Waals surface area contributed by atoms with Crippen LogP contribution in [0.4, 0.5) is 4.39 Å². The first kappa shape index (κ1) is 17.0. The molecule has 0 saturated carbocycles. The van der Waals surface area contributed by atoms with Gasteiger partial charge in [0.1, 0.15) is 11.6 Å². The molecule has 4 aromatic rings. The van der Waals surface area contributed by atoms with Gasteiger partial charge in [-0.05, 0) is 59.2 Å². The first-order valence-electron chi connectivity index (χ1n) is 8.69. The van der Waals surface area contributed by atoms with Crippen LogP contribution < -0.4 is 4.74 Å². The maximum Gasteiger partial charge on any atom is 0.343 e. The molecule has 2 nitrogen and oxygen atoms in total. The normalized spacial score (nSPS) is 10.7. The van der Waals surface area contributed by atoms with Crippen LogP contribution in [0.15, 0.2) is 84.9 Å². The number of hydrogen-bond acceptors (Lipinski definition) is 2. The summed E-state index contributed by atoms with van der Waals surface area (Å²) < 4.78 is 18.8. The van der Waals surface area contributed by atoms with Gasteiger partial charge in [0.15, 0.2) is 0 Å². The third-order valence-electron chi connectivity index (χ3n) is 4.58. The monoisotopic (exact) mass is 356 g/mol. The zero-order valence-electron chi connectivity index (χ0n) is 14.8. The molecule has 0 spiro atoms. The van der Waals surface area contributed by atoms with Gasteiger partial charge in [-0.25, -0.2) is 9.18 Å². The summed E-state index contributed by atoms with van der Waals surface area (Å²) >= 11 is 0. The zero-order valence-corrected chi connectivity index (χ0v) is 14.8. The number of benzene rings is 4. The van der Waals surface area contributed by atoms with Crippen molar-refractivity contribution >= 4 is 16.7 Å². The molecule has 0 aromatic heterocycles. The Hall–Kier alpha value is -3.46. The second-order valence-electron chi connectivity index (χ2n) is 6.37. The van der Waals surface area contributed by atoms with Crippen molar-refractivity contribution in [1.29, 1.82) is 0 Å². The minimum atomic E-state index is -0.514. The lowest BCUT2D eigenvalue weighted by Gasteiger charge is -2.15. The van der Waals surface area contributed by atoms with Crippen molar-refractivity contribution in [3.05, 3.63) is 102 Å². The molecule has 0 radical (unpaired) electrons. The average Bonchev–Trinajstić information content (AvgIpc) is 2.69. The van der Waals surface area contributed by atoms with Crippen molar-refractivity contribution in [2.75, 3.05) is 0 Å². The van der Waals surface area contributed by atoms with Crippen LogP contribution in [0.3, 0.4) is 0 Å². The molecule has 0 amide bonds. The summed E-state index contributed by atoms with van der Waals surface area (Å²) in [7, 11) is 0. The molecule has 0 bridgehead atoms. The van der Waals surface area contributed by atoms with E-state index < -0.39 is 11.8 Å². The molecule has 0 aliphatic carbocycles. The summed E-state index contributed by atoms with van der Waals surface area (Å²) in [5.41, 5.74) is 3.29. The van der Waals surface area contributed by atoms with Crippen molar-refractivity contribution < 1.29 is 13.9 Å². The zero-order chi connectivity index (χ0) is 18.8. The number of carbonyl (C=O) groups is 1. The minimum absolute atomic E-state index is 0.306. The SMILES string of the molecule is Cc1ccc2ccccc2c1-c1ccccc1OC(=O)c1ccc(F)cc1. The lowest BCUT2D eigenvalue weighted by Crippen LogP contribution is -2.09. The van der Waals surface area contributed by atoms with E-state index in [-0.39, 0.29) is 0 Å². The average molecular weight is 356 g/mol. The number of ether oxygens (including phenoxy) is 1. The van der Waals surface area contributed by atoms with Crippen molar-refractivity contribution in [2.24, 2.45) is 0 Å². The molecule has 0 unspecified atom stereocenters. The van der Waals surface area contributed by atoms with Gasteiger partial charge in [0, 0.05) is 5.56 Å². The fourth-order valence-electron chi connectivity index (χ4n) is 3.24. The van der Waals surface area contributed by atoms with Gasteiger partial charge < -0.3 is 4.74 Å². The predicted octanol–water partition coefficient (Wildman–Crippen LogP) is 6.17. The highest BCUT2D eigenvalue weighted by molar-refractivity contribution is 6.00. The molecule has 4 aromatic carbocycles. The lowest BCUT2D eigenvalue weighted by atomic mass is 9.93. The fraction of sp³-hybridized carbons (Fsp3) is 0.0417. The standard InChI is InChI=1S/C24H17FO2/c1-16-10-11-17-6-2-3-7-20(17)23(16)21-8-4-5-9-22(21)27-24(26)18-12-14-19(25)15-13-18/h2-15H,1H3. The largest absolute Gasteiger partial charge is 0.422 e. The number of esters is 1. The number of carbonyl (C=O) groups excluding carboxylic acids is 1. The van der Waals surface area contributed by atoms with E-state index in [2.05, 4.69) is 24.3 Å². The smallest absolute Gasteiger partial charge is 0.343 e. The molecule has 0 saturated heterocycles. The van der Waals surface area contributed by atoms with E-state index in [4.69, 9.17) is 4.74 Å². The highest BCUT2D eigenvalue weighted by atomic mass is 19.1. The topological polar surface area (TPSA) is 26.3 Å². The number of halogens is 1. The lowest BCUT2D eigenvalue weighted by molar-refractivity contribution is 0.0735. The van der Waals surface area contributed by atoms with E-state index in [1.807, 2.05) is 37.3 Å². The summed E-state index contributed by atoms with van der Waals surface area (Å²) in [6.45, 7) is 2.04. The van der Waals surface area contributed by atoms with Crippen LogP contribution >= 0.6 is 0 Å². The Morgan fingerprint density at radius 3 is 2.33 bits per heavy atom. The number of hydrogen-bond donors (Lipinski definition) is 0. The Bertz CT molecular complexity index is 1130. The van der Waals surface area contributed by atoms with Crippen LogP contribution in [0.1, 0.15) is 15.9 Å². The van der Waals surface area contributed by atoms with E-state index in [0.29, 0.717) is 11.3 Å². The van der Waals surface area contributed by atoms with Crippen molar-refractivity contribution in [2.45, 2.75) is 6.92 Å². The minimum Gasteiger partial charge on any atom is -0.422 e. The number of fused-ring (bicyclic) bond motifs is 1. The summed E-state index contributed by atoms with van der Waals surface area (Å²) in [4.78, 5) is 12.5. The van der Waals surface area contributed by atoms with Crippen LogP contribution in [-0.2, 0) is 0 Å². The fourth-order valence-corrected chi connectivity index (χ4v) is 3.24. The molecule has 0 N–H and O–H groups in total. The number of rotatable bonds is 3. The maximum absolute atomic E-state index is 13.1. The summed E-state index contributed by atoms with van der Waals surface area (Å²) in [5, 5.41) is 2.22. The van der Waals surface area contributed by atoms with Crippen molar-refractivity contribution in [3.63, 3.8) is 0 Å². The highest BCUT2D eigenvalue weighted by Crippen LogP contribution is 2.37. The third kappa shape index (κ3) is 3.32. The van der Waals surface area contributed by atoms with Gasteiger partial charge in [-0.2, -0.15) is 0 Å². The Kier molecular flexibility index (Phi) is 4.43. The van der Waals surface area contributed by atoms with Gasteiger partial charge >= 0.3 is 5.97 Å². The Balaban J connectivity index is 1.80. The first-order valence-corrected chi connectivity index (χ1v) is 8.69. The van der Waals surface area contributed by atoms with Gasteiger partial charge in [0.25, 0.3) is 0 Å². The molecule has 0 aliphatic heterocycles. The first-order chi connectivity index (χ1) is 13.1. The molecule has 0 atom stereocenters. The molecular formula is C24H17FO2. The molecular weight excluding hydrogens is 339 g/mol. The van der Waals surface area contributed by atoms with Crippen LogP contribution in [0, 0.1) is 12.7 Å². The molecule has 0 fully saturated rings. The van der Waals surface area contributed by atoms with Gasteiger partial charge in [-0.1, -0.05) is 54.6 Å². The molecule has 0 aliphatic rings. The van der Waals surface area contributed by atoms with Gasteiger partial charge in [-0.15, -0.1) is 0 Å². The van der Waals surface area contributed by atoms with Gasteiger partial charge in [0.2, 0.25) is 0 Å². The van der Waals surface area contributed by atoms with E-state index in [9.17, 15) is 9.18 Å². The van der Waals surface area contributed by atoms with Crippen LogP contribution in [0.25, 0.3) is 21.9 Å². The van der Waals surface area contributed by atoms with E-state index in [0.717, 1.165) is 27.5 Å². The summed E-state index contributed by atoms with van der Waals surface area (Å²) in [6, 6.07) is 25.1. The molecule has 4 rings (SSSR count). The quantitative estimate of drug-likeness (QED) is 0.324. The predicted molar refractivity (Wildman–Crippen MR) is 105 cm³/mol. The third-order valence-corrected chi connectivity index (χ3v) is 4.58. The van der Waals surface area contributed by atoms with Crippen molar-refractivity contribution in [3.8, 4) is 16.9 Å². The second kappa shape index (κ2) is 7.04. The maximum atomic E-state index is 13.1. The second-order valence-corrected chi connectivity index (χ2v) is 6.37. The van der Waals surface area contributed by atoms with Gasteiger partial charge in [-0.3, -0.25) is 0 Å². The van der Waals surface area contributed by atoms with E-state index >= 15 is 0 Å². The molecule has 27 heavy (non-hydrogen) atoms. The van der Waals surface area contributed by atoms with Crippen LogP contribution in [0.5, 0.6) is 5.75 Å². The molecule has 0 heterocycles. The van der Waals surface area contributed by atoms with Crippen molar-refractivity contribution in [1.82, 2.24) is 0 Å². The Morgan fingerprint density at radius 2 is 1.52 bits per heavy atom. The molecule has 3 heteroatoms. The van der Waals surface area contributed by atoms with Crippen LogP contribution in [0.2, 0.25) is 0 Å². The molecule has 132 valence electrons. The van der Waals surface area contributed by atoms with E-state index in [1.165, 1.54) is 24.3 Å². The highest BCUT2D eigenvalue weighted by Gasteiger charge is 2.15.